The molecule has 0 aromatic heterocycles. The van der Waals surface area contributed by atoms with Gasteiger partial charge in [0.25, 0.3) is 0 Å². The fourth-order valence-electron chi connectivity index (χ4n) is 1.63. The number of likely N-dealkylation sites (N-methyl/N-ethyl adjacent to an activating group) is 1. The highest BCUT2D eigenvalue weighted by Crippen LogP contribution is 2.24. The van der Waals surface area contributed by atoms with Crippen LogP contribution in [0.2, 0.25) is 0 Å². The summed E-state index contributed by atoms with van der Waals surface area (Å²) in [6.07, 6.45) is 0. The molecule has 0 aliphatic carbocycles. The molecule has 1 aromatic rings. The molecule has 1 rings (SSSR count). The summed E-state index contributed by atoms with van der Waals surface area (Å²) >= 11 is 0. The van der Waals surface area contributed by atoms with Crippen molar-refractivity contribution in [1.82, 2.24) is 4.90 Å². The molecule has 0 atom stereocenters. The highest BCUT2D eigenvalue weighted by molar-refractivity contribution is 5.87. The molecule has 0 saturated heterocycles. The van der Waals surface area contributed by atoms with Crippen molar-refractivity contribution in [2.75, 3.05) is 13.6 Å². The van der Waals surface area contributed by atoms with E-state index in [9.17, 15) is 4.79 Å². The summed E-state index contributed by atoms with van der Waals surface area (Å²) in [4.78, 5) is 13.6. The second-order valence-corrected chi connectivity index (χ2v) is 4.31. The fourth-order valence-corrected chi connectivity index (χ4v) is 1.63. The molecule has 3 nitrogen and oxygen atoms in total. The molecule has 0 unspecified atom stereocenters. The van der Waals surface area contributed by atoms with E-state index in [0.717, 1.165) is 5.56 Å². The normalized spacial score (nSPS) is 10.6. The quantitative estimate of drug-likeness (QED) is 0.725. The lowest BCUT2D eigenvalue weighted by Gasteiger charge is -2.28. The fraction of sp³-hybridized carbons (Fsp3) is 0.385. The van der Waals surface area contributed by atoms with Crippen LogP contribution in [0.25, 0.3) is 0 Å². The Hall–Kier alpha value is -1.82. The van der Waals surface area contributed by atoms with Crippen molar-refractivity contribution < 1.29 is 4.79 Å². The van der Waals surface area contributed by atoms with Gasteiger partial charge in [0.1, 0.15) is 6.54 Å². The number of rotatable bonds is 3. The summed E-state index contributed by atoms with van der Waals surface area (Å²) in [5.74, 6) is -0.0414. The van der Waals surface area contributed by atoms with Crippen molar-refractivity contribution >= 4 is 5.91 Å². The van der Waals surface area contributed by atoms with Gasteiger partial charge in [0, 0.05) is 7.05 Å². The van der Waals surface area contributed by atoms with Gasteiger partial charge in [-0.1, -0.05) is 30.3 Å². The van der Waals surface area contributed by atoms with Crippen molar-refractivity contribution in [3.8, 4) is 6.07 Å². The van der Waals surface area contributed by atoms with Crippen LogP contribution in [0, 0.1) is 11.3 Å². The minimum absolute atomic E-state index is 0.0414. The van der Waals surface area contributed by atoms with Crippen LogP contribution in [-0.4, -0.2) is 24.4 Å². The Morgan fingerprint density at radius 2 is 1.94 bits per heavy atom. The van der Waals surface area contributed by atoms with Gasteiger partial charge in [0.05, 0.1) is 11.5 Å². The molecule has 0 heterocycles. The summed E-state index contributed by atoms with van der Waals surface area (Å²) in [6.45, 7) is 3.87. The Labute approximate surface area is 96.3 Å². The van der Waals surface area contributed by atoms with Crippen molar-refractivity contribution in [1.29, 1.82) is 5.26 Å². The molecule has 3 heteroatoms. The van der Waals surface area contributed by atoms with Crippen LogP contribution in [0.3, 0.4) is 0 Å². The molecule has 0 saturated carbocycles. The van der Waals surface area contributed by atoms with Gasteiger partial charge in [0.15, 0.2) is 0 Å². The van der Waals surface area contributed by atoms with Gasteiger partial charge in [-0.3, -0.25) is 4.79 Å². The first-order chi connectivity index (χ1) is 7.50. The van der Waals surface area contributed by atoms with Crippen LogP contribution in [0.15, 0.2) is 30.3 Å². The molecule has 0 aliphatic rings. The van der Waals surface area contributed by atoms with Crippen LogP contribution in [0.4, 0.5) is 0 Å². The summed E-state index contributed by atoms with van der Waals surface area (Å²) in [5.41, 5.74) is 0.372. The van der Waals surface area contributed by atoms with Crippen molar-refractivity contribution in [3.05, 3.63) is 35.9 Å². The van der Waals surface area contributed by atoms with Crippen molar-refractivity contribution in [2.24, 2.45) is 0 Å². The lowest BCUT2D eigenvalue weighted by molar-refractivity contribution is -0.134. The maximum absolute atomic E-state index is 12.1. The number of hydrogen-bond acceptors (Lipinski definition) is 2. The van der Waals surface area contributed by atoms with Gasteiger partial charge in [-0.25, -0.2) is 0 Å². The second kappa shape index (κ2) is 4.80. The van der Waals surface area contributed by atoms with E-state index >= 15 is 0 Å². The third-order valence-electron chi connectivity index (χ3n) is 2.68. The predicted octanol–water partition coefficient (Wildman–Crippen LogP) is 1.95. The molecule has 16 heavy (non-hydrogen) atoms. The van der Waals surface area contributed by atoms with Crippen molar-refractivity contribution in [3.63, 3.8) is 0 Å². The third-order valence-corrected chi connectivity index (χ3v) is 2.68. The monoisotopic (exact) mass is 216 g/mol. The highest BCUT2D eigenvalue weighted by Gasteiger charge is 2.31. The number of nitrogens with zero attached hydrogens (tertiary/aromatic N) is 2. The first kappa shape index (κ1) is 12.3. The topological polar surface area (TPSA) is 44.1 Å². The largest absolute Gasteiger partial charge is 0.332 e. The van der Waals surface area contributed by atoms with E-state index in [4.69, 9.17) is 5.26 Å². The number of carbonyl (C=O) groups excluding carboxylic acids is 1. The molecule has 0 fully saturated rings. The van der Waals surface area contributed by atoms with Crippen LogP contribution < -0.4 is 0 Å². The van der Waals surface area contributed by atoms with E-state index in [1.54, 1.807) is 7.05 Å². The zero-order valence-corrected chi connectivity index (χ0v) is 9.90. The van der Waals surface area contributed by atoms with E-state index in [1.807, 2.05) is 50.2 Å². The molecular weight excluding hydrogens is 200 g/mol. The minimum atomic E-state index is -0.590. The molecule has 0 bridgehead atoms. The Balaban J connectivity index is 2.95. The number of amides is 1. The maximum atomic E-state index is 12.1. The Morgan fingerprint density at radius 1 is 1.38 bits per heavy atom. The molecule has 0 N–H and O–H groups in total. The van der Waals surface area contributed by atoms with E-state index in [1.165, 1.54) is 4.90 Å². The SMILES string of the molecule is CN(CC#N)C(=O)C(C)(C)c1ccccc1. The first-order valence-electron chi connectivity index (χ1n) is 5.18. The Kier molecular flexibility index (Phi) is 3.68. The summed E-state index contributed by atoms with van der Waals surface area (Å²) < 4.78 is 0. The number of benzene rings is 1. The van der Waals surface area contributed by atoms with Crippen LogP contribution in [0.5, 0.6) is 0 Å². The summed E-state index contributed by atoms with van der Waals surface area (Å²) in [6, 6.07) is 11.6. The van der Waals surface area contributed by atoms with Gasteiger partial charge in [-0.15, -0.1) is 0 Å². The van der Waals surface area contributed by atoms with Crippen molar-refractivity contribution in [2.45, 2.75) is 19.3 Å². The molecule has 0 radical (unpaired) electrons. The van der Waals surface area contributed by atoms with Gasteiger partial charge >= 0.3 is 0 Å². The highest BCUT2D eigenvalue weighted by atomic mass is 16.2. The maximum Gasteiger partial charge on any atom is 0.233 e. The molecule has 0 spiro atoms. The standard InChI is InChI=1S/C13H16N2O/c1-13(2,11-7-5-4-6-8-11)12(16)15(3)10-9-14/h4-8H,10H2,1-3H3. The van der Waals surface area contributed by atoms with E-state index in [-0.39, 0.29) is 12.5 Å². The lowest BCUT2D eigenvalue weighted by atomic mass is 9.83. The first-order valence-corrected chi connectivity index (χ1v) is 5.18. The smallest absolute Gasteiger partial charge is 0.233 e. The van der Waals surface area contributed by atoms with Gasteiger partial charge in [0.2, 0.25) is 5.91 Å². The summed E-state index contributed by atoms with van der Waals surface area (Å²) in [7, 11) is 1.65. The number of carbonyl (C=O) groups is 1. The van der Waals surface area contributed by atoms with Gasteiger partial charge < -0.3 is 4.90 Å². The van der Waals surface area contributed by atoms with E-state index in [2.05, 4.69) is 0 Å². The Bertz CT molecular complexity index is 404. The van der Waals surface area contributed by atoms with Crippen LogP contribution in [-0.2, 0) is 10.2 Å². The predicted molar refractivity (Wildman–Crippen MR) is 62.7 cm³/mol. The molecule has 0 aliphatic heterocycles. The summed E-state index contributed by atoms with van der Waals surface area (Å²) in [5, 5.41) is 8.58. The van der Waals surface area contributed by atoms with Gasteiger partial charge in [-0.2, -0.15) is 5.26 Å². The number of nitriles is 1. The minimum Gasteiger partial charge on any atom is -0.332 e. The van der Waals surface area contributed by atoms with Crippen LogP contribution in [0.1, 0.15) is 19.4 Å². The Morgan fingerprint density at radius 3 is 2.44 bits per heavy atom. The molecule has 84 valence electrons. The zero-order valence-electron chi connectivity index (χ0n) is 9.90. The van der Waals surface area contributed by atoms with Crippen LogP contribution >= 0.6 is 0 Å². The second-order valence-electron chi connectivity index (χ2n) is 4.31. The molecule has 1 aromatic carbocycles. The average Bonchev–Trinajstić information content (AvgIpc) is 2.29. The zero-order chi connectivity index (χ0) is 12.2. The average molecular weight is 216 g/mol. The third kappa shape index (κ3) is 2.40. The molecular formula is C13H16N2O. The van der Waals surface area contributed by atoms with Gasteiger partial charge in [-0.05, 0) is 19.4 Å². The van der Waals surface area contributed by atoms with E-state index in [0.29, 0.717) is 0 Å². The van der Waals surface area contributed by atoms with E-state index < -0.39 is 5.41 Å². The number of hydrogen-bond donors (Lipinski definition) is 0. The molecule has 1 amide bonds. The lowest BCUT2D eigenvalue weighted by Crippen LogP contribution is -2.41.